The van der Waals surface area contributed by atoms with Gasteiger partial charge in [-0.2, -0.15) is 0 Å². The van der Waals surface area contributed by atoms with Gasteiger partial charge < -0.3 is 20.4 Å². The summed E-state index contributed by atoms with van der Waals surface area (Å²) in [5, 5.41) is 6.51. The molecule has 7 nitrogen and oxygen atoms in total. The molecule has 3 aliphatic rings. The number of hydrogen-bond donors (Lipinski definition) is 2. The molecule has 1 aromatic rings. The van der Waals surface area contributed by atoms with Crippen LogP contribution in [0.15, 0.2) is 18.2 Å². The molecule has 0 unspecified atom stereocenters. The lowest BCUT2D eigenvalue weighted by atomic mass is 9.95. The Morgan fingerprint density at radius 3 is 2.69 bits per heavy atom. The molecule has 138 valence electrons. The van der Waals surface area contributed by atoms with E-state index in [1.54, 1.807) is 28.0 Å². The molecule has 0 saturated carbocycles. The molecular formula is C18H21ClN4O3. The molecule has 0 radical (unpaired) electrons. The maximum absolute atomic E-state index is 12.9. The van der Waals surface area contributed by atoms with Crippen molar-refractivity contribution >= 4 is 35.0 Å². The minimum absolute atomic E-state index is 0.00310. The van der Waals surface area contributed by atoms with Crippen molar-refractivity contribution in [3.8, 4) is 0 Å². The lowest BCUT2D eigenvalue weighted by molar-refractivity contribution is -0.140. The van der Waals surface area contributed by atoms with Crippen LogP contribution in [0.4, 0.5) is 5.69 Å². The first-order chi connectivity index (χ1) is 12.5. The van der Waals surface area contributed by atoms with Gasteiger partial charge in [0.05, 0.1) is 17.8 Å². The van der Waals surface area contributed by atoms with Gasteiger partial charge in [0.2, 0.25) is 11.8 Å². The van der Waals surface area contributed by atoms with Gasteiger partial charge in [-0.3, -0.25) is 14.4 Å². The normalized spacial score (nSPS) is 23.8. The molecule has 2 N–H and O–H groups in total. The van der Waals surface area contributed by atoms with Gasteiger partial charge in [0.15, 0.2) is 0 Å². The highest BCUT2D eigenvalue weighted by Crippen LogP contribution is 2.28. The highest BCUT2D eigenvalue weighted by atomic mass is 35.5. The van der Waals surface area contributed by atoms with Crippen molar-refractivity contribution in [1.29, 1.82) is 0 Å². The van der Waals surface area contributed by atoms with E-state index in [-0.39, 0.29) is 30.2 Å². The highest BCUT2D eigenvalue weighted by Gasteiger charge is 2.41. The van der Waals surface area contributed by atoms with Crippen LogP contribution in [0, 0.1) is 5.92 Å². The molecule has 2 fully saturated rings. The summed E-state index contributed by atoms with van der Waals surface area (Å²) < 4.78 is 0. The van der Waals surface area contributed by atoms with E-state index in [0.29, 0.717) is 29.4 Å². The minimum Gasteiger partial charge on any atom is -0.338 e. The monoisotopic (exact) mass is 376 g/mol. The van der Waals surface area contributed by atoms with E-state index in [9.17, 15) is 14.4 Å². The number of piperidine rings is 1. The Morgan fingerprint density at radius 2 is 1.92 bits per heavy atom. The quantitative estimate of drug-likeness (QED) is 0.764. The molecule has 26 heavy (non-hydrogen) atoms. The summed E-state index contributed by atoms with van der Waals surface area (Å²) in [6, 6.07) is 4.19. The number of carbonyl (C=O) groups is 3. The van der Waals surface area contributed by atoms with Crippen LogP contribution in [0.3, 0.4) is 0 Å². The number of fused-ring (bicyclic) bond motifs is 2. The Balaban J connectivity index is 1.55. The third-order valence-electron chi connectivity index (χ3n) is 5.41. The summed E-state index contributed by atoms with van der Waals surface area (Å²) in [5.74, 6) is -0.379. The largest absolute Gasteiger partial charge is 0.338 e. The third-order valence-corrected chi connectivity index (χ3v) is 5.65. The standard InChI is InChI=1S/C18H21ClN4O3/c19-12-1-2-13-14(9-12)21-16(24)15-10-22(7-8-23(15)18(13)26)17(25)11-3-5-20-6-4-11/h1-2,9,11,15,20H,3-8,10H2,(H,21,24)/t15-/m0/s1. The molecule has 0 spiro atoms. The van der Waals surface area contributed by atoms with Crippen LogP contribution in [0.25, 0.3) is 0 Å². The van der Waals surface area contributed by atoms with Gasteiger partial charge in [0.1, 0.15) is 6.04 Å². The van der Waals surface area contributed by atoms with E-state index in [4.69, 9.17) is 11.6 Å². The fourth-order valence-corrected chi connectivity index (χ4v) is 4.13. The van der Waals surface area contributed by atoms with Crippen LogP contribution in [0.2, 0.25) is 5.02 Å². The van der Waals surface area contributed by atoms with E-state index in [1.165, 1.54) is 0 Å². The smallest absolute Gasteiger partial charge is 0.256 e. The lowest BCUT2D eigenvalue weighted by Crippen LogP contribution is -2.60. The highest BCUT2D eigenvalue weighted by molar-refractivity contribution is 6.31. The molecule has 3 heterocycles. The fraction of sp³-hybridized carbons (Fsp3) is 0.500. The van der Waals surface area contributed by atoms with Gasteiger partial charge in [0.25, 0.3) is 5.91 Å². The molecule has 2 saturated heterocycles. The van der Waals surface area contributed by atoms with Crippen molar-refractivity contribution < 1.29 is 14.4 Å². The van der Waals surface area contributed by atoms with Gasteiger partial charge in [-0.1, -0.05) is 11.6 Å². The second kappa shape index (κ2) is 6.89. The van der Waals surface area contributed by atoms with Crippen LogP contribution in [0.5, 0.6) is 0 Å². The molecule has 8 heteroatoms. The topological polar surface area (TPSA) is 81.8 Å². The number of carbonyl (C=O) groups excluding carboxylic acids is 3. The Labute approximate surface area is 156 Å². The summed E-state index contributed by atoms with van der Waals surface area (Å²) in [5.41, 5.74) is 0.863. The molecule has 0 aromatic heterocycles. The number of anilines is 1. The number of benzene rings is 1. The third kappa shape index (κ3) is 3.05. The number of amides is 3. The maximum Gasteiger partial charge on any atom is 0.256 e. The number of hydrogen-bond acceptors (Lipinski definition) is 4. The summed E-state index contributed by atoms with van der Waals surface area (Å²) in [7, 11) is 0. The summed E-state index contributed by atoms with van der Waals surface area (Å²) >= 11 is 5.99. The van der Waals surface area contributed by atoms with Crippen LogP contribution in [0.1, 0.15) is 23.2 Å². The molecule has 1 aromatic carbocycles. The van der Waals surface area contributed by atoms with Crippen molar-refractivity contribution in [3.63, 3.8) is 0 Å². The first-order valence-electron chi connectivity index (χ1n) is 8.95. The Bertz CT molecular complexity index is 763. The second-order valence-corrected chi connectivity index (χ2v) is 7.44. The van der Waals surface area contributed by atoms with Gasteiger partial charge in [-0.05, 0) is 44.1 Å². The zero-order valence-electron chi connectivity index (χ0n) is 14.3. The summed E-state index contributed by atoms with van der Waals surface area (Å²) in [6.45, 7) is 2.74. The van der Waals surface area contributed by atoms with E-state index < -0.39 is 6.04 Å². The lowest BCUT2D eigenvalue weighted by Gasteiger charge is -2.41. The molecule has 0 aliphatic carbocycles. The number of piperazine rings is 1. The first kappa shape index (κ1) is 17.3. The SMILES string of the molecule is O=C1Nc2cc(Cl)ccc2C(=O)N2CCN(C(=O)C3CCNCC3)C[C@@H]12. The number of nitrogens with zero attached hydrogens (tertiary/aromatic N) is 2. The van der Waals surface area contributed by atoms with Crippen LogP contribution in [-0.4, -0.2) is 66.3 Å². The van der Waals surface area contributed by atoms with Gasteiger partial charge in [0, 0.05) is 24.0 Å². The first-order valence-corrected chi connectivity index (χ1v) is 9.33. The number of halogens is 1. The summed E-state index contributed by atoms with van der Waals surface area (Å²) in [6.07, 6.45) is 1.64. The Morgan fingerprint density at radius 1 is 1.15 bits per heavy atom. The van der Waals surface area contributed by atoms with E-state index in [2.05, 4.69) is 10.6 Å². The number of rotatable bonds is 1. The van der Waals surface area contributed by atoms with Crippen molar-refractivity contribution in [2.24, 2.45) is 5.92 Å². The fourth-order valence-electron chi connectivity index (χ4n) is 3.95. The van der Waals surface area contributed by atoms with Crippen LogP contribution >= 0.6 is 11.6 Å². The van der Waals surface area contributed by atoms with Crippen molar-refractivity contribution in [1.82, 2.24) is 15.1 Å². The van der Waals surface area contributed by atoms with E-state index in [1.807, 2.05) is 0 Å². The molecular weight excluding hydrogens is 356 g/mol. The maximum atomic E-state index is 12.9. The van der Waals surface area contributed by atoms with Gasteiger partial charge >= 0.3 is 0 Å². The summed E-state index contributed by atoms with van der Waals surface area (Å²) in [4.78, 5) is 41.7. The predicted molar refractivity (Wildman–Crippen MR) is 97.1 cm³/mol. The predicted octanol–water partition coefficient (Wildman–Crippen LogP) is 0.945. The number of nitrogens with one attached hydrogen (secondary N) is 2. The molecule has 1 atom stereocenters. The minimum atomic E-state index is -0.673. The Hall–Kier alpha value is -2.12. The zero-order chi connectivity index (χ0) is 18.3. The van der Waals surface area contributed by atoms with Crippen molar-refractivity contribution in [2.45, 2.75) is 18.9 Å². The van der Waals surface area contributed by atoms with E-state index >= 15 is 0 Å². The van der Waals surface area contributed by atoms with Gasteiger partial charge in [-0.15, -0.1) is 0 Å². The second-order valence-electron chi connectivity index (χ2n) is 7.00. The van der Waals surface area contributed by atoms with Gasteiger partial charge in [-0.25, -0.2) is 0 Å². The molecule has 0 bridgehead atoms. The average molecular weight is 377 g/mol. The molecule has 3 amide bonds. The molecule has 3 aliphatic heterocycles. The zero-order valence-corrected chi connectivity index (χ0v) is 15.1. The van der Waals surface area contributed by atoms with Crippen molar-refractivity contribution in [3.05, 3.63) is 28.8 Å². The van der Waals surface area contributed by atoms with Crippen LogP contribution in [-0.2, 0) is 9.59 Å². The molecule has 4 rings (SSSR count). The van der Waals surface area contributed by atoms with Crippen molar-refractivity contribution in [2.75, 3.05) is 38.0 Å². The van der Waals surface area contributed by atoms with Crippen LogP contribution < -0.4 is 10.6 Å². The van der Waals surface area contributed by atoms with E-state index in [0.717, 1.165) is 25.9 Å². The average Bonchev–Trinajstić information content (AvgIpc) is 2.76. The Kier molecular flexibility index (Phi) is 4.58.